The van der Waals surface area contributed by atoms with Crippen LogP contribution in [-0.4, -0.2) is 23.0 Å². The van der Waals surface area contributed by atoms with Gasteiger partial charge in [-0.05, 0) is 18.9 Å². The van der Waals surface area contributed by atoms with E-state index < -0.39 is 5.91 Å². The highest BCUT2D eigenvalue weighted by Gasteiger charge is 2.22. The Balaban J connectivity index is 2.14. The zero-order chi connectivity index (χ0) is 13.8. The molecule has 0 aromatic carbocycles. The topological polar surface area (TPSA) is 106 Å². The first-order valence-corrected chi connectivity index (χ1v) is 6.68. The summed E-state index contributed by atoms with van der Waals surface area (Å²) in [6.45, 7) is 0. The summed E-state index contributed by atoms with van der Waals surface area (Å²) in [7, 11) is 0. The molecule has 1 amide bonds. The summed E-state index contributed by atoms with van der Waals surface area (Å²) in [5, 5.41) is 3.33. The van der Waals surface area contributed by atoms with Gasteiger partial charge >= 0.3 is 0 Å². The average molecular weight is 284 g/mol. The van der Waals surface area contributed by atoms with Crippen LogP contribution in [0.1, 0.15) is 36.2 Å². The largest absolute Gasteiger partial charge is 0.379 e. The molecule has 0 unspecified atom stereocenters. The molecule has 0 spiro atoms. The number of anilines is 2. The maximum absolute atomic E-state index is 11.2. The van der Waals surface area contributed by atoms with Crippen molar-refractivity contribution in [3.63, 3.8) is 0 Å². The molecule has 6 N–H and O–H groups in total. The van der Waals surface area contributed by atoms with Crippen LogP contribution >= 0.6 is 11.8 Å². The Morgan fingerprint density at radius 2 is 2.16 bits per heavy atom. The number of rotatable bonds is 4. The van der Waals surface area contributed by atoms with Crippen LogP contribution in [0.4, 0.5) is 11.4 Å². The van der Waals surface area contributed by atoms with E-state index in [0.717, 1.165) is 18.5 Å². The van der Waals surface area contributed by atoms with Crippen molar-refractivity contribution in [2.75, 3.05) is 10.2 Å². The normalized spacial score (nSPS) is 22.8. The monoisotopic (exact) mass is 283 g/mol. The summed E-state index contributed by atoms with van der Waals surface area (Å²) >= 11 is 5.57. The molecule has 2 rings (SSSR count). The molecular weight excluding hydrogens is 266 g/mol. The Morgan fingerprint density at radius 1 is 1.42 bits per heavy atom. The van der Waals surface area contributed by atoms with Gasteiger partial charge in [-0.3, -0.25) is 9.63 Å². The van der Waals surface area contributed by atoms with Gasteiger partial charge in [0.15, 0.2) is 5.69 Å². The molecule has 1 heterocycles. The van der Waals surface area contributed by atoms with Crippen LogP contribution < -0.4 is 21.6 Å². The van der Waals surface area contributed by atoms with Gasteiger partial charge in [-0.15, -0.1) is 0 Å². The third-order valence-electron chi connectivity index (χ3n) is 3.39. The average Bonchev–Trinajstić information content (AvgIpc) is 2.41. The van der Waals surface area contributed by atoms with E-state index in [1.54, 1.807) is 12.3 Å². The van der Waals surface area contributed by atoms with Crippen molar-refractivity contribution in [1.82, 2.24) is 4.98 Å². The van der Waals surface area contributed by atoms with Gasteiger partial charge in [-0.25, -0.2) is 4.98 Å². The number of hydrogen-bond acceptors (Lipinski definition) is 5. The molecule has 0 aliphatic heterocycles. The van der Waals surface area contributed by atoms with Gasteiger partial charge < -0.3 is 16.8 Å². The Morgan fingerprint density at radius 3 is 2.79 bits per heavy atom. The van der Waals surface area contributed by atoms with Gasteiger partial charge in [0.05, 0.1) is 17.6 Å². The maximum atomic E-state index is 11.2. The molecular formula is C12H18ClN5O. The number of carbonyl (C=O) groups is 1. The number of carbonyl (C=O) groups excluding carboxylic acids is 1. The van der Waals surface area contributed by atoms with Crippen LogP contribution in [0.25, 0.3) is 0 Å². The van der Waals surface area contributed by atoms with Crippen molar-refractivity contribution in [2.45, 2.75) is 37.8 Å². The number of aromatic nitrogens is 1. The molecule has 1 aromatic rings. The number of pyridine rings is 1. The third-order valence-corrected chi connectivity index (χ3v) is 3.60. The second kappa shape index (κ2) is 6.08. The lowest BCUT2D eigenvalue weighted by Crippen LogP contribution is -2.42. The zero-order valence-corrected chi connectivity index (χ0v) is 11.3. The van der Waals surface area contributed by atoms with Gasteiger partial charge in [-0.2, -0.15) is 0 Å². The van der Waals surface area contributed by atoms with Crippen molar-refractivity contribution >= 4 is 29.1 Å². The lowest BCUT2D eigenvalue weighted by molar-refractivity contribution is 0.0996. The molecule has 0 saturated heterocycles. The highest BCUT2D eigenvalue weighted by Crippen LogP contribution is 2.24. The number of hydrogen-bond donors (Lipinski definition) is 4. The predicted octanol–water partition coefficient (Wildman–Crippen LogP) is 1.43. The van der Waals surface area contributed by atoms with E-state index in [-0.39, 0.29) is 17.8 Å². The second-order valence-corrected chi connectivity index (χ2v) is 4.97. The number of nitrogens with two attached hydrogens (primary N) is 2. The number of nitrogens with zero attached hydrogens (tertiary/aromatic N) is 1. The molecule has 1 aliphatic carbocycles. The Kier molecular flexibility index (Phi) is 4.44. The molecule has 0 bridgehead atoms. The fraction of sp³-hybridized carbons (Fsp3) is 0.500. The standard InChI is InChI=1S/C12H18ClN5O/c13-18-10-5-7(6-16-11(10)12(15)19)17-9-4-2-1-3-8(9)14/h5-6,8-9,17-18H,1-4,14H2,(H2,15,19)/t8-,9+/m0/s1. The molecule has 1 aliphatic rings. The lowest BCUT2D eigenvalue weighted by Gasteiger charge is -2.30. The summed E-state index contributed by atoms with van der Waals surface area (Å²) in [5.74, 6) is -0.621. The minimum absolute atomic E-state index is 0.119. The van der Waals surface area contributed by atoms with Crippen molar-refractivity contribution in [1.29, 1.82) is 0 Å². The highest BCUT2D eigenvalue weighted by atomic mass is 35.5. The maximum Gasteiger partial charge on any atom is 0.269 e. The summed E-state index contributed by atoms with van der Waals surface area (Å²) in [4.78, 5) is 17.6. The smallest absolute Gasteiger partial charge is 0.269 e. The van der Waals surface area contributed by atoms with Crippen LogP contribution in [-0.2, 0) is 0 Å². The van der Waals surface area contributed by atoms with Crippen molar-refractivity contribution in [3.8, 4) is 0 Å². The fourth-order valence-electron chi connectivity index (χ4n) is 2.36. The number of primary amides is 1. The number of halogens is 1. The quantitative estimate of drug-likeness (QED) is 0.626. The van der Waals surface area contributed by atoms with Crippen LogP contribution in [0, 0.1) is 0 Å². The molecule has 1 aromatic heterocycles. The van der Waals surface area contributed by atoms with Crippen LogP contribution in [0.2, 0.25) is 0 Å². The highest BCUT2D eigenvalue weighted by molar-refractivity contribution is 6.25. The molecule has 19 heavy (non-hydrogen) atoms. The second-order valence-electron chi connectivity index (χ2n) is 4.78. The molecule has 2 atom stereocenters. The summed E-state index contributed by atoms with van der Waals surface area (Å²) in [6.07, 6.45) is 5.96. The minimum atomic E-state index is -0.621. The SMILES string of the molecule is NC(=O)c1ncc(N[C@@H]2CCCC[C@@H]2N)cc1NCl. The fourth-order valence-corrected chi connectivity index (χ4v) is 2.51. The summed E-state index contributed by atoms with van der Waals surface area (Å²) < 4.78 is 0. The Labute approximate surface area is 117 Å². The van der Waals surface area contributed by atoms with Crippen molar-refractivity contribution in [3.05, 3.63) is 18.0 Å². The zero-order valence-electron chi connectivity index (χ0n) is 10.5. The number of nitrogens with one attached hydrogen (secondary N) is 2. The summed E-state index contributed by atoms with van der Waals surface area (Å²) in [6, 6.07) is 2.07. The molecule has 7 heteroatoms. The Bertz CT molecular complexity index is 467. The van der Waals surface area contributed by atoms with E-state index in [2.05, 4.69) is 15.1 Å². The first-order chi connectivity index (χ1) is 9.11. The van der Waals surface area contributed by atoms with E-state index in [0.29, 0.717) is 5.69 Å². The first kappa shape index (κ1) is 13.9. The van der Waals surface area contributed by atoms with Gasteiger partial charge in [0.25, 0.3) is 5.91 Å². The van der Waals surface area contributed by atoms with Crippen LogP contribution in [0.15, 0.2) is 12.3 Å². The van der Waals surface area contributed by atoms with Gasteiger partial charge in [0.1, 0.15) is 0 Å². The molecule has 1 saturated carbocycles. The predicted molar refractivity (Wildman–Crippen MR) is 76.1 cm³/mol. The van der Waals surface area contributed by atoms with E-state index in [9.17, 15) is 4.79 Å². The van der Waals surface area contributed by atoms with E-state index in [1.807, 2.05) is 0 Å². The molecule has 1 fully saturated rings. The van der Waals surface area contributed by atoms with Gasteiger partial charge in [0.2, 0.25) is 0 Å². The third kappa shape index (κ3) is 3.27. The van der Waals surface area contributed by atoms with E-state index in [4.69, 9.17) is 23.2 Å². The van der Waals surface area contributed by atoms with Crippen molar-refractivity contribution < 1.29 is 4.79 Å². The van der Waals surface area contributed by atoms with E-state index >= 15 is 0 Å². The molecule has 0 radical (unpaired) electrons. The lowest BCUT2D eigenvalue weighted by atomic mass is 9.91. The molecule has 104 valence electrons. The van der Waals surface area contributed by atoms with Gasteiger partial charge in [-0.1, -0.05) is 12.8 Å². The van der Waals surface area contributed by atoms with Crippen LogP contribution in [0.3, 0.4) is 0 Å². The molecule has 6 nitrogen and oxygen atoms in total. The van der Waals surface area contributed by atoms with Gasteiger partial charge in [0, 0.05) is 23.9 Å². The summed E-state index contributed by atoms with van der Waals surface area (Å²) in [5.41, 5.74) is 12.6. The minimum Gasteiger partial charge on any atom is -0.379 e. The number of amides is 1. The van der Waals surface area contributed by atoms with Crippen molar-refractivity contribution in [2.24, 2.45) is 11.5 Å². The van der Waals surface area contributed by atoms with Crippen LogP contribution in [0.5, 0.6) is 0 Å². The Hall–Kier alpha value is -1.53. The first-order valence-electron chi connectivity index (χ1n) is 6.30. The van der Waals surface area contributed by atoms with E-state index in [1.165, 1.54) is 12.8 Å².